The lowest BCUT2D eigenvalue weighted by Gasteiger charge is -2.33. The van der Waals surface area contributed by atoms with Crippen LogP contribution in [0.3, 0.4) is 0 Å². The van der Waals surface area contributed by atoms with Crippen LogP contribution in [0.2, 0.25) is 10.0 Å². The molecule has 0 spiro atoms. The van der Waals surface area contributed by atoms with Gasteiger partial charge in [0.1, 0.15) is 18.3 Å². The summed E-state index contributed by atoms with van der Waals surface area (Å²) in [5.74, 6) is -0.942. The Bertz CT molecular complexity index is 962. The summed E-state index contributed by atoms with van der Waals surface area (Å²) in [6, 6.07) is 10.6. The van der Waals surface area contributed by atoms with E-state index in [2.05, 4.69) is 10.2 Å². The molecule has 1 aliphatic heterocycles. The van der Waals surface area contributed by atoms with Crippen molar-refractivity contribution in [2.24, 2.45) is 0 Å². The van der Waals surface area contributed by atoms with Crippen LogP contribution < -0.4 is 5.32 Å². The number of benzene rings is 2. The Kier molecular flexibility index (Phi) is 9.93. The molecule has 1 heterocycles. The lowest BCUT2D eigenvalue weighted by Crippen LogP contribution is -2.50. The summed E-state index contributed by atoms with van der Waals surface area (Å²) >= 11 is 12.6. The zero-order valence-corrected chi connectivity index (χ0v) is 20.1. The summed E-state index contributed by atoms with van der Waals surface area (Å²) in [7, 11) is 2.00. The first-order valence-corrected chi connectivity index (χ1v) is 10.8. The molecule has 1 amide bonds. The van der Waals surface area contributed by atoms with Gasteiger partial charge in [-0.3, -0.25) is 4.79 Å². The highest BCUT2D eigenvalue weighted by atomic mass is 35.5. The molecule has 0 bridgehead atoms. The maximum atomic E-state index is 12.2. The number of carbonyl (C=O) groups excluding carboxylic acids is 1. The Morgan fingerprint density at radius 3 is 2.36 bits per heavy atom. The van der Waals surface area contributed by atoms with Gasteiger partial charge in [0.15, 0.2) is 6.10 Å². The van der Waals surface area contributed by atoms with E-state index in [1.165, 1.54) is 0 Å². The average molecular weight is 522 g/mol. The first-order valence-electron chi connectivity index (χ1n) is 10.0. The molecule has 0 saturated heterocycles. The molecule has 33 heavy (non-hydrogen) atoms. The predicted molar refractivity (Wildman–Crippen MR) is 128 cm³/mol. The Balaban J connectivity index is 0.00000385. The lowest BCUT2D eigenvalue weighted by atomic mass is 9.84. The van der Waals surface area contributed by atoms with Crippen LogP contribution in [0.5, 0.6) is 0 Å². The van der Waals surface area contributed by atoms with E-state index < -0.39 is 36.9 Å². The molecule has 0 fully saturated rings. The second-order valence-corrected chi connectivity index (χ2v) is 8.84. The van der Waals surface area contributed by atoms with Crippen molar-refractivity contribution < 1.29 is 30.3 Å². The van der Waals surface area contributed by atoms with Crippen molar-refractivity contribution >= 4 is 47.2 Å². The number of nitrogens with one attached hydrogen (secondary N) is 1. The molecule has 6 N–H and O–H groups in total. The van der Waals surface area contributed by atoms with Crippen LogP contribution in [0.15, 0.2) is 36.4 Å². The number of aliphatic hydroxyl groups excluding tert-OH is 5. The summed E-state index contributed by atoms with van der Waals surface area (Å²) in [6.07, 6.45) is -7.55. The summed E-state index contributed by atoms with van der Waals surface area (Å²) in [4.78, 5) is 14.4. The van der Waals surface area contributed by atoms with E-state index in [1.807, 2.05) is 25.2 Å². The van der Waals surface area contributed by atoms with E-state index in [4.69, 9.17) is 28.3 Å². The first kappa shape index (κ1) is 27.8. The van der Waals surface area contributed by atoms with E-state index in [0.29, 0.717) is 22.3 Å². The number of nitrogens with zero attached hydrogens (tertiary/aromatic N) is 1. The molecule has 0 aromatic heterocycles. The Labute approximate surface area is 207 Å². The monoisotopic (exact) mass is 520 g/mol. The van der Waals surface area contributed by atoms with Crippen LogP contribution in [0.4, 0.5) is 5.69 Å². The quantitative estimate of drug-likeness (QED) is 0.324. The lowest BCUT2D eigenvalue weighted by molar-refractivity contribution is -0.144. The van der Waals surface area contributed by atoms with Gasteiger partial charge >= 0.3 is 0 Å². The van der Waals surface area contributed by atoms with Crippen LogP contribution in [0, 0.1) is 0 Å². The summed E-state index contributed by atoms with van der Waals surface area (Å²) < 4.78 is 0. The van der Waals surface area contributed by atoms with Gasteiger partial charge in [0.2, 0.25) is 0 Å². The molecule has 8 nitrogen and oxygen atoms in total. The predicted octanol–water partition coefficient (Wildman–Crippen LogP) is 1.37. The van der Waals surface area contributed by atoms with Gasteiger partial charge in [-0.25, -0.2) is 0 Å². The fraction of sp³-hybridized carbons (Fsp3) is 0.409. The number of hydrogen-bond donors (Lipinski definition) is 6. The number of likely N-dealkylation sites (N-methyl/N-ethyl adjacent to an activating group) is 1. The molecular weight excluding hydrogens is 495 g/mol. The third kappa shape index (κ3) is 6.36. The van der Waals surface area contributed by atoms with E-state index in [1.54, 1.807) is 18.2 Å². The molecule has 182 valence electrons. The van der Waals surface area contributed by atoms with Gasteiger partial charge in [0, 0.05) is 34.7 Å². The van der Waals surface area contributed by atoms with Gasteiger partial charge in [-0.2, -0.15) is 0 Å². The molecule has 0 radical (unpaired) electrons. The van der Waals surface area contributed by atoms with Crippen molar-refractivity contribution in [1.82, 2.24) is 4.90 Å². The average Bonchev–Trinajstić information content (AvgIpc) is 2.77. The number of rotatable bonds is 7. The number of halogens is 3. The normalized spacial score (nSPS) is 19.6. The van der Waals surface area contributed by atoms with Crippen molar-refractivity contribution in [3.63, 3.8) is 0 Å². The number of anilines is 1. The Hall–Kier alpha value is -1.46. The fourth-order valence-corrected chi connectivity index (χ4v) is 4.39. The van der Waals surface area contributed by atoms with E-state index in [-0.39, 0.29) is 18.3 Å². The molecule has 5 atom stereocenters. The van der Waals surface area contributed by atoms with Gasteiger partial charge < -0.3 is 35.7 Å². The van der Waals surface area contributed by atoms with Gasteiger partial charge in [-0.15, -0.1) is 12.4 Å². The third-order valence-corrected chi connectivity index (χ3v) is 6.15. The molecule has 0 saturated carbocycles. The van der Waals surface area contributed by atoms with Crippen molar-refractivity contribution in [3.8, 4) is 0 Å². The Morgan fingerprint density at radius 2 is 1.76 bits per heavy atom. The SMILES string of the molecule is CN1Cc2c(Cl)cc(Cl)cc2C(c2ccc(NC(=O)[C@H](O)[C@@H](O)[C@H](O)[C@H](O)CO)cc2)C1.Cl. The highest BCUT2D eigenvalue weighted by Gasteiger charge is 2.34. The molecule has 2 aromatic rings. The maximum absolute atomic E-state index is 12.2. The van der Waals surface area contributed by atoms with Crippen LogP contribution in [0.1, 0.15) is 22.6 Å². The molecule has 1 aliphatic rings. The van der Waals surface area contributed by atoms with Gasteiger partial charge in [0.25, 0.3) is 5.91 Å². The molecule has 3 rings (SSSR count). The maximum Gasteiger partial charge on any atom is 0.256 e. The first-order chi connectivity index (χ1) is 15.1. The van der Waals surface area contributed by atoms with E-state index in [0.717, 1.165) is 23.2 Å². The summed E-state index contributed by atoms with van der Waals surface area (Å²) in [6.45, 7) is 0.641. The van der Waals surface area contributed by atoms with E-state index >= 15 is 0 Å². The molecule has 2 aromatic carbocycles. The van der Waals surface area contributed by atoms with Crippen LogP contribution in [0.25, 0.3) is 0 Å². The van der Waals surface area contributed by atoms with Gasteiger partial charge in [-0.05, 0) is 48.0 Å². The van der Waals surface area contributed by atoms with Crippen LogP contribution in [-0.4, -0.2) is 81.0 Å². The van der Waals surface area contributed by atoms with Crippen LogP contribution in [-0.2, 0) is 11.3 Å². The minimum Gasteiger partial charge on any atom is -0.394 e. The van der Waals surface area contributed by atoms with Gasteiger partial charge in [-0.1, -0.05) is 35.3 Å². The molecular formula is C22H27Cl3N2O6. The summed E-state index contributed by atoms with van der Waals surface area (Å²) in [5.41, 5.74) is 3.42. The smallest absolute Gasteiger partial charge is 0.256 e. The molecule has 0 aliphatic carbocycles. The van der Waals surface area contributed by atoms with Crippen LogP contribution >= 0.6 is 35.6 Å². The summed E-state index contributed by atoms with van der Waals surface area (Å²) in [5, 5.41) is 51.3. The second-order valence-electron chi connectivity index (χ2n) is 7.99. The fourth-order valence-electron chi connectivity index (χ4n) is 3.82. The van der Waals surface area contributed by atoms with Crippen molar-refractivity contribution in [3.05, 3.63) is 63.1 Å². The number of fused-ring (bicyclic) bond motifs is 1. The van der Waals surface area contributed by atoms with E-state index in [9.17, 15) is 25.2 Å². The van der Waals surface area contributed by atoms with Crippen molar-refractivity contribution in [2.45, 2.75) is 36.9 Å². The highest BCUT2D eigenvalue weighted by molar-refractivity contribution is 6.35. The molecule has 11 heteroatoms. The van der Waals surface area contributed by atoms with Gasteiger partial charge in [0.05, 0.1) is 6.61 Å². The second kappa shape index (κ2) is 11.8. The number of hydrogen-bond acceptors (Lipinski definition) is 7. The molecule has 1 unspecified atom stereocenters. The number of aliphatic hydroxyl groups is 5. The zero-order valence-electron chi connectivity index (χ0n) is 17.7. The number of amides is 1. The minimum absolute atomic E-state index is 0. The third-order valence-electron chi connectivity index (χ3n) is 5.60. The Morgan fingerprint density at radius 1 is 1.12 bits per heavy atom. The van der Waals surface area contributed by atoms with Crippen molar-refractivity contribution in [1.29, 1.82) is 0 Å². The topological polar surface area (TPSA) is 133 Å². The standard InChI is InChI=1S/C22H26Cl2N2O6.ClH/c1-26-8-15(14-6-12(23)7-17(24)16(14)9-26)11-2-4-13(5-3-11)25-22(32)21(31)20(30)19(29)18(28)10-27;/h2-7,15,18-21,27-31H,8-10H2,1H3,(H,25,32);1H/t15?,18-,19-,20+,21-;/m1./s1. The zero-order chi connectivity index (χ0) is 23.6. The highest BCUT2D eigenvalue weighted by Crippen LogP contribution is 2.38. The van der Waals surface area contributed by atoms with Crippen molar-refractivity contribution in [2.75, 3.05) is 25.5 Å². The number of carbonyl (C=O) groups is 1. The minimum atomic E-state index is -2.01. The largest absolute Gasteiger partial charge is 0.394 e.